The van der Waals surface area contributed by atoms with Gasteiger partial charge in [0.2, 0.25) is 0 Å². The van der Waals surface area contributed by atoms with Gasteiger partial charge >= 0.3 is 0 Å². The molecule has 120 valence electrons. The average molecular weight is 290 g/mol. The summed E-state index contributed by atoms with van der Waals surface area (Å²) in [4.78, 5) is 7.69. The van der Waals surface area contributed by atoms with Crippen LogP contribution in [-0.4, -0.2) is 37.2 Å². The second kappa shape index (κ2) is 7.69. The van der Waals surface area contributed by atoms with E-state index in [9.17, 15) is 0 Å². The summed E-state index contributed by atoms with van der Waals surface area (Å²) in [5.74, 6) is 4.00. The summed E-state index contributed by atoms with van der Waals surface area (Å²) in [6.45, 7) is 10.3. The third-order valence-electron chi connectivity index (χ3n) is 5.43. The van der Waals surface area contributed by atoms with E-state index in [0.29, 0.717) is 12.1 Å². The first-order valence-corrected chi connectivity index (χ1v) is 9.33. The summed E-state index contributed by atoms with van der Waals surface area (Å²) in [6.07, 6.45) is 9.86. The highest BCUT2D eigenvalue weighted by Gasteiger charge is 2.35. The van der Waals surface area contributed by atoms with E-state index in [1.807, 2.05) is 0 Å². The van der Waals surface area contributed by atoms with Gasteiger partial charge in [0.25, 0.3) is 0 Å². The molecule has 0 N–H and O–H groups in total. The van der Waals surface area contributed by atoms with Crippen LogP contribution >= 0.6 is 0 Å². The van der Waals surface area contributed by atoms with Crippen molar-refractivity contribution in [2.75, 3.05) is 6.54 Å². The zero-order valence-electron chi connectivity index (χ0n) is 14.9. The molecular weight excluding hydrogens is 255 g/mol. The Morgan fingerprint density at radius 1 is 1.00 bits per heavy atom. The van der Waals surface area contributed by atoms with Crippen LogP contribution in [0.5, 0.6) is 0 Å². The predicted octanol–water partition coefficient (Wildman–Crippen LogP) is 3.92. The Bertz CT molecular complexity index is 351. The lowest BCUT2D eigenvalue weighted by atomic mass is 9.78. The molecule has 0 aromatic rings. The van der Waals surface area contributed by atoms with Crippen molar-refractivity contribution in [1.82, 2.24) is 4.90 Å². The van der Waals surface area contributed by atoms with E-state index in [0.717, 1.165) is 17.7 Å². The van der Waals surface area contributed by atoms with Crippen molar-refractivity contribution in [1.29, 1.82) is 0 Å². The molecule has 1 saturated carbocycles. The molecule has 2 fully saturated rings. The van der Waals surface area contributed by atoms with Crippen molar-refractivity contribution in [2.24, 2.45) is 16.8 Å². The monoisotopic (exact) mass is 290 g/mol. The Balaban J connectivity index is 2.21. The number of likely N-dealkylation sites (tertiary alicyclic amines) is 1. The van der Waals surface area contributed by atoms with Crippen LogP contribution in [0.3, 0.4) is 0 Å². The van der Waals surface area contributed by atoms with Gasteiger partial charge in [0.05, 0.1) is 0 Å². The van der Waals surface area contributed by atoms with Crippen LogP contribution in [0.2, 0.25) is 5.82 Å². The van der Waals surface area contributed by atoms with Crippen molar-refractivity contribution >= 4 is 13.7 Å². The molecule has 1 aliphatic carbocycles. The maximum absolute atomic E-state index is 5.09. The fourth-order valence-corrected chi connectivity index (χ4v) is 4.27. The molecule has 0 bridgehead atoms. The van der Waals surface area contributed by atoms with E-state index in [4.69, 9.17) is 4.99 Å². The number of hydrogen-bond acceptors (Lipinski definition) is 1. The van der Waals surface area contributed by atoms with Crippen molar-refractivity contribution in [2.45, 2.75) is 90.5 Å². The minimum Gasteiger partial charge on any atom is -0.358 e. The van der Waals surface area contributed by atoms with Crippen molar-refractivity contribution in [3.05, 3.63) is 0 Å². The smallest absolute Gasteiger partial charge is 0.105 e. The van der Waals surface area contributed by atoms with Crippen LogP contribution < -0.4 is 0 Å². The molecular formula is C18H35BN2. The number of hydrogen-bond donors (Lipinski definition) is 0. The first kappa shape index (κ1) is 16.9. The summed E-state index contributed by atoms with van der Waals surface area (Å²) in [6, 6.07) is 1.02. The molecule has 1 heterocycles. The predicted molar refractivity (Wildman–Crippen MR) is 96.0 cm³/mol. The highest BCUT2D eigenvalue weighted by molar-refractivity contribution is 6.11. The fourth-order valence-electron chi connectivity index (χ4n) is 4.27. The number of fused-ring (bicyclic) bond motifs is 1. The summed E-state index contributed by atoms with van der Waals surface area (Å²) < 4.78 is 0. The van der Waals surface area contributed by atoms with Crippen molar-refractivity contribution < 1.29 is 0 Å². The minimum atomic E-state index is 0.423. The van der Waals surface area contributed by atoms with E-state index >= 15 is 0 Å². The quantitative estimate of drug-likeness (QED) is 0.704. The highest BCUT2D eigenvalue weighted by atomic mass is 15.2. The zero-order valence-corrected chi connectivity index (χ0v) is 14.9. The maximum atomic E-state index is 5.09. The van der Waals surface area contributed by atoms with Gasteiger partial charge in [-0.05, 0) is 52.9 Å². The third kappa shape index (κ3) is 4.50. The second-order valence-corrected chi connectivity index (χ2v) is 7.99. The highest BCUT2D eigenvalue weighted by Crippen LogP contribution is 2.37. The summed E-state index contributed by atoms with van der Waals surface area (Å²) in [7, 11) is 2.44. The number of amidine groups is 1. The van der Waals surface area contributed by atoms with E-state index < -0.39 is 0 Å². The molecule has 0 aromatic heterocycles. The molecule has 2 nitrogen and oxygen atoms in total. The number of rotatable bonds is 2. The topological polar surface area (TPSA) is 15.6 Å². The fraction of sp³-hybridized carbons (Fsp3) is 0.944. The third-order valence-corrected chi connectivity index (χ3v) is 5.43. The van der Waals surface area contributed by atoms with Gasteiger partial charge < -0.3 is 4.90 Å². The minimum absolute atomic E-state index is 0.423. The van der Waals surface area contributed by atoms with Crippen molar-refractivity contribution in [3.63, 3.8) is 0 Å². The Hall–Kier alpha value is -0.465. The normalized spacial score (nSPS) is 33.7. The average Bonchev–Trinajstić information content (AvgIpc) is 2.48. The van der Waals surface area contributed by atoms with E-state index in [1.165, 1.54) is 57.3 Å². The van der Waals surface area contributed by atoms with Gasteiger partial charge in [-0.3, -0.25) is 4.99 Å². The SMILES string of the molecule is BC1CCCC2CCN(C(C)C)/C(=N\C(C)C)C2CCC1. The molecule has 3 heteroatoms. The number of nitrogens with zero attached hydrogens (tertiary/aromatic N) is 2. The molecule has 0 aromatic carbocycles. The summed E-state index contributed by atoms with van der Waals surface area (Å²) >= 11 is 0. The molecule has 0 amide bonds. The Morgan fingerprint density at radius 2 is 1.67 bits per heavy atom. The van der Waals surface area contributed by atoms with Crippen LogP contribution in [0.1, 0.15) is 72.6 Å². The van der Waals surface area contributed by atoms with Gasteiger partial charge in [-0.15, -0.1) is 0 Å². The molecule has 2 rings (SSSR count). The van der Waals surface area contributed by atoms with E-state index in [-0.39, 0.29) is 0 Å². The van der Waals surface area contributed by atoms with E-state index in [2.05, 4.69) is 40.4 Å². The summed E-state index contributed by atoms with van der Waals surface area (Å²) in [5.41, 5.74) is 0. The Morgan fingerprint density at radius 3 is 2.29 bits per heavy atom. The van der Waals surface area contributed by atoms with Gasteiger partial charge in [0, 0.05) is 24.5 Å². The Kier molecular flexibility index (Phi) is 6.19. The standard InChI is InChI=1S/C18H35BN2/c1-13(2)20-18-17-10-6-9-16(19)8-5-7-15(17)11-12-21(18)14(3)4/h13-17H,5-12,19H2,1-4H3/b20-18-. The first-order valence-electron chi connectivity index (χ1n) is 9.33. The van der Waals surface area contributed by atoms with Gasteiger partial charge in [-0.1, -0.05) is 31.5 Å². The van der Waals surface area contributed by atoms with Crippen LogP contribution in [0.4, 0.5) is 0 Å². The molecule has 21 heavy (non-hydrogen) atoms. The lowest BCUT2D eigenvalue weighted by Gasteiger charge is -2.43. The number of aliphatic imine (C=N–C) groups is 1. The van der Waals surface area contributed by atoms with Gasteiger partial charge in [-0.25, -0.2) is 0 Å². The molecule has 2 aliphatic rings. The van der Waals surface area contributed by atoms with Gasteiger partial charge in [0.15, 0.2) is 0 Å². The maximum Gasteiger partial charge on any atom is 0.105 e. The second-order valence-electron chi connectivity index (χ2n) is 7.99. The van der Waals surface area contributed by atoms with Crippen LogP contribution in [0.15, 0.2) is 4.99 Å². The molecule has 1 aliphatic heterocycles. The van der Waals surface area contributed by atoms with Crippen LogP contribution in [0.25, 0.3) is 0 Å². The summed E-state index contributed by atoms with van der Waals surface area (Å²) in [5, 5.41) is 0. The lowest BCUT2D eigenvalue weighted by Crippen LogP contribution is -2.49. The first-order chi connectivity index (χ1) is 9.99. The molecule has 3 unspecified atom stereocenters. The van der Waals surface area contributed by atoms with Crippen molar-refractivity contribution in [3.8, 4) is 0 Å². The molecule has 1 saturated heterocycles. The molecule has 0 spiro atoms. The van der Waals surface area contributed by atoms with Crippen LogP contribution in [0, 0.1) is 11.8 Å². The van der Waals surface area contributed by atoms with Gasteiger partial charge in [-0.2, -0.15) is 0 Å². The van der Waals surface area contributed by atoms with Crippen LogP contribution in [-0.2, 0) is 0 Å². The number of piperidine rings is 1. The Labute approximate surface area is 133 Å². The molecule has 3 atom stereocenters. The largest absolute Gasteiger partial charge is 0.358 e. The van der Waals surface area contributed by atoms with Gasteiger partial charge in [0.1, 0.15) is 13.7 Å². The van der Waals surface area contributed by atoms with E-state index in [1.54, 1.807) is 0 Å². The zero-order chi connectivity index (χ0) is 15.4. The lowest BCUT2D eigenvalue weighted by molar-refractivity contribution is 0.207. The molecule has 0 radical (unpaired) electrons.